The molecule has 0 unspecified atom stereocenters. The summed E-state index contributed by atoms with van der Waals surface area (Å²) in [4.78, 5) is 0. The van der Waals surface area contributed by atoms with E-state index in [-0.39, 0.29) is 0 Å². The molecule has 0 saturated heterocycles. The molecule has 0 aliphatic carbocycles. The Morgan fingerprint density at radius 1 is 1.15 bits per heavy atom. The summed E-state index contributed by atoms with van der Waals surface area (Å²) in [5.74, 6) is 0. The predicted octanol–water partition coefficient (Wildman–Crippen LogP) is 2.88. The Morgan fingerprint density at radius 2 is 1.85 bits per heavy atom. The molecule has 13 heavy (non-hydrogen) atoms. The predicted molar refractivity (Wildman–Crippen MR) is 60.8 cm³/mol. The van der Waals surface area contributed by atoms with Gasteiger partial charge in [0.05, 0.1) is 0 Å². The molecular weight excluding hydrogens is 174 g/mol. The van der Waals surface area contributed by atoms with Gasteiger partial charge in [0.1, 0.15) is 8.24 Å². The average Bonchev–Trinajstić information content (AvgIpc) is 2.45. The minimum atomic E-state index is -1.14. The summed E-state index contributed by atoms with van der Waals surface area (Å²) >= 11 is 0. The van der Waals surface area contributed by atoms with Gasteiger partial charge in [-0.1, -0.05) is 37.8 Å². The summed E-state index contributed by atoms with van der Waals surface area (Å²) in [6, 6.07) is 8.82. The van der Waals surface area contributed by atoms with Gasteiger partial charge in [-0.05, 0) is 18.1 Å². The van der Waals surface area contributed by atoms with Crippen molar-refractivity contribution in [1.29, 1.82) is 0 Å². The molecule has 0 fully saturated rings. The van der Waals surface area contributed by atoms with Crippen LogP contribution in [0.15, 0.2) is 24.3 Å². The van der Waals surface area contributed by atoms with Crippen molar-refractivity contribution in [2.24, 2.45) is 0 Å². The monoisotopic (exact) mass is 191 g/mol. The van der Waals surface area contributed by atoms with E-state index in [1.807, 2.05) is 0 Å². The highest BCUT2D eigenvalue weighted by Crippen LogP contribution is 2.31. The van der Waals surface area contributed by atoms with Crippen LogP contribution in [0.1, 0.15) is 5.56 Å². The molecule has 1 heterocycles. The third-order valence-corrected chi connectivity index (χ3v) is 4.78. The number of fused-ring (bicyclic) bond motifs is 1. The van der Waals surface area contributed by atoms with Crippen LogP contribution in [0.5, 0.6) is 0 Å². The lowest BCUT2D eigenvalue weighted by Gasteiger charge is -2.32. The van der Waals surface area contributed by atoms with Gasteiger partial charge in [-0.2, -0.15) is 0 Å². The van der Waals surface area contributed by atoms with Gasteiger partial charge in [0.2, 0.25) is 0 Å². The minimum absolute atomic E-state index is 1.14. The maximum Gasteiger partial charge on any atom is 0.147 e. The second kappa shape index (κ2) is 2.88. The summed E-state index contributed by atoms with van der Waals surface area (Å²) in [7, 11) is -1.14. The maximum absolute atomic E-state index is 2.63. The third-order valence-electron chi connectivity index (χ3n) is 2.70. The zero-order chi connectivity index (χ0) is 9.47. The van der Waals surface area contributed by atoms with Crippen molar-refractivity contribution in [2.75, 3.05) is 11.1 Å². The number of anilines is 1. The van der Waals surface area contributed by atoms with Crippen LogP contribution < -0.4 is 4.57 Å². The Morgan fingerprint density at radius 3 is 2.54 bits per heavy atom. The summed E-state index contributed by atoms with van der Waals surface area (Å²) in [6.45, 7) is 8.47. The zero-order valence-electron chi connectivity index (χ0n) is 8.67. The Hall–Kier alpha value is -0.763. The van der Waals surface area contributed by atoms with Crippen molar-refractivity contribution in [2.45, 2.75) is 26.1 Å². The number of benzene rings is 1. The largest absolute Gasteiger partial charge is 0.397 e. The quantitative estimate of drug-likeness (QED) is 0.617. The molecule has 0 saturated carbocycles. The second-order valence-electron chi connectivity index (χ2n) is 4.70. The van der Waals surface area contributed by atoms with Crippen LogP contribution in [0.25, 0.3) is 0 Å². The van der Waals surface area contributed by atoms with Crippen molar-refractivity contribution < 1.29 is 0 Å². The van der Waals surface area contributed by atoms with E-state index >= 15 is 0 Å². The fourth-order valence-electron chi connectivity index (χ4n) is 2.04. The van der Waals surface area contributed by atoms with Crippen molar-refractivity contribution >= 4 is 13.9 Å². The van der Waals surface area contributed by atoms with Crippen molar-refractivity contribution in [3.63, 3.8) is 0 Å². The van der Waals surface area contributed by atoms with Gasteiger partial charge < -0.3 is 4.57 Å². The fourth-order valence-corrected chi connectivity index (χ4v) is 3.76. The van der Waals surface area contributed by atoms with E-state index in [2.05, 4.69) is 48.5 Å². The summed E-state index contributed by atoms with van der Waals surface area (Å²) in [5, 5.41) is 0. The van der Waals surface area contributed by atoms with E-state index in [1.54, 1.807) is 0 Å². The van der Waals surface area contributed by atoms with Crippen LogP contribution in [0.3, 0.4) is 0 Å². The first-order chi connectivity index (χ1) is 6.09. The summed E-state index contributed by atoms with van der Waals surface area (Å²) in [5.41, 5.74) is 3.02. The van der Waals surface area contributed by atoms with E-state index < -0.39 is 8.24 Å². The number of para-hydroxylation sites is 1. The third kappa shape index (κ3) is 1.51. The number of rotatable bonds is 1. The minimum Gasteiger partial charge on any atom is -0.397 e. The number of hydrogen-bond donors (Lipinski definition) is 0. The normalized spacial score (nSPS) is 16.1. The lowest BCUT2D eigenvalue weighted by atomic mass is 10.2. The first kappa shape index (κ1) is 8.82. The van der Waals surface area contributed by atoms with Gasteiger partial charge in [-0.25, -0.2) is 0 Å². The molecule has 1 aromatic carbocycles. The smallest absolute Gasteiger partial charge is 0.147 e. The van der Waals surface area contributed by atoms with Crippen LogP contribution >= 0.6 is 0 Å². The first-order valence-electron chi connectivity index (χ1n) is 4.94. The molecule has 1 nitrogen and oxygen atoms in total. The highest BCUT2D eigenvalue weighted by molar-refractivity contribution is 6.79. The SMILES string of the molecule is C[Si](C)(C)N1CCc2ccccc21. The molecule has 0 aromatic heterocycles. The van der Waals surface area contributed by atoms with Crippen LogP contribution in [0, 0.1) is 0 Å². The van der Waals surface area contributed by atoms with E-state index in [1.165, 1.54) is 24.2 Å². The molecule has 0 bridgehead atoms. The lowest BCUT2D eigenvalue weighted by molar-refractivity contribution is 1.02. The van der Waals surface area contributed by atoms with Crippen LogP contribution in [0.2, 0.25) is 19.6 Å². The van der Waals surface area contributed by atoms with Gasteiger partial charge in [0.25, 0.3) is 0 Å². The number of hydrogen-bond acceptors (Lipinski definition) is 1. The molecule has 1 aliphatic heterocycles. The van der Waals surface area contributed by atoms with E-state index in [0.717, 1.165) is 0 Å². The molecule has 0 amide bonds. The lowest BCUT2D eigenvalue weighted by Crippen LogP contribution is -2.44. The average molecular weight is 191 g/mol. The molecule has 1 aromatic rings. The molecule has 70 valence electrons. The number of nitrogens with zero attached hydrogens (tertiary/aromatic N) is 1. The van der Waals surface area contributed by atoms with E-state index in [0.29, 0.717) is 0 Å². The van der Waals surface area contributed by atoms with Gasteiger partial charge in [0, 0.05) is 12.2 Å². The van der Waals surface area contributed by atoms with Crippen molar-refractivity contribution in [3.8, 4) is 0 Å². The molecule has 0 N–H and O–H groups in total. The summed E-state index contributed by atoms with van der Waals surface area (Å²) < 4.78 is 2.63. The van der Waals surface area contributed by atoms with Crippen molar-refractivity contribution in [3.05, 3.63) is 29.8 Å². The maximum atomic E-state index is 2.63. The summed E-state index contributed by atoms with van der Waals surface area (Å²) in [6.07, 6.45) is 1.24. The van der Waals surface area contributed by atoms with Crippen molar-refractivity contribution in [1.82, 2.24) is 0 Å². The van der Waals surface area contributed by atoms with Crippen LogP contribution in [-0.2, 0) is 6.42 Å². The molecule has 0 radical (unpaired) electrons. The Labute approximate surface area is 81.5 Å². The van der Waals surface area contributed by atoms with Gasteiger partial charge in [-0.15, -0.1) is 0 Å². The Kier molecular flexibility index (Phi) is 1.95. The van der Waals surface area contributed by atoms with Gasteiger partial charge in [0.15, 0.2) is 0 Å². The molecule has 0 spiro atoms. The van der Waals surface area contributed by atoms with Gasteiger partial charge >= 0.3 is 0 Å². The van der Waals surface area contributed by atoms with E-state index in [9.17, 15) is 0 Å². The first-order valence-corrected chi connectivity index (χ1v) is 8.39. The standard InChI is InChI=1S/C11H17NSi/c1-13(2,3)12-9-8-10-6-4-5-7-11(10)12/h4-7H,8-9H2,1-3H3. The molecule has 2 heteroatoms. The highest BCUT2D eigenvalue weighted by atomic mass is 28.3. The highest BCUT2D eigenvalue weighted by Gasteiger charge is 2.29. The topological polar surface area (TPSA) is 3.24 Å². The van der Waals surface area contributed by atoms with E-state index in [4.69, 9.17) is 0 Å². The fraction of sp³-hybridized carbons (Fsp3) is 0.455. The van der Waals surface area contributed by atoms with Crippen LogP contribution in [0.4, 0.5) is 5.69 Å². The van der Waals surface area contributed by atoms with Crippen LogP contribution in [-0.4, -0.2) is 14.8 Å². The molecular formula is C11H17NSi. The zero-order valence-corrected chi connectivity index (χ0v) is 9.67. The Balaban J connectivity index is 2.39. The Bertz CT molecular complexity index is 314. The molecule has 2 rings (SSSR count). The van der Waals surface area contributed by atoms with Gasteiger partial charge in [-0.3, -0.25) is 0 Å². The second-order valence-corrected chi connectivity index (χ2v) is 9.58. The molecule has 1 aliphatic rings. The molecule has 0 atom stereocenters.